The van der Waals surface area contributed by atoms with Gasteiger partial charge in [0, 0.05) is 25.4 Å². The molecule has 0 aliphatic carbocycles. The highest BCUT2D eigenvalue weighted by atomic mass is 16.5. The minimum atomic E-state index is 0.0658. The lowest BCUT2D eigenvalue weighted by Crippen LogP contribution is -2.43. The summed E-state index contributed by atoms with van der Waals surface area (Å²) in [5.74, 6) is 0.0658. The Morgan fingerprint density at radius 1 is 1.47 bits per heavy atom. The van der Waals surface area contributed by atoms with Crippen molar-refractivity contribution in [3.05, 3.63) is 30.3 Å². The van der Waals surface area contributed by atoms with Crippen molar-refractivity contribution in [2.45, 2.75) is 31.9 Å². The molecule has 2 rings (SSSR count). The molecule has 0 unspecified atom stereocenters. The van der Waals surface area contributed by atoms with Gasteiger partial charge in [-0.3, -0.25) is 4.79 Å². The summed E-state index contributed by atoms with van der Waals surface area (Å²) in [7, 11) is 1.80. The van der Waals surface area contributed by atoms with Crippen molar-refractivity contribution in [1.82, 2.24) is 5.32 Å². The molecule has 1 fully saturated rings. The standard InChI is InChI=1S/C15H22N2O2/c1-12(14-9-6-10-19-14)16-11-15(18)17(2)13-7-4-3-5-8-13/h3-5,7-8,12,14,16H,6,9-11H2,1-2H3/t12-,14-/m0/s1. The van der Waals surface area contributed by atoms with E-state index in [4.69, 9.17) is 4.74 Å². The molecular weight excluding hydrogens is 240 g/mol. The normalized spacial score (nSPS) is 20.2. The molecule has 1 aromatic rings. The molecule has 1 N–H and O–H groups in total. The van der Waals surface area contributed by atoms with Gasteiger partial charge < -0.3 is 15.0 Å². The van der Waals surface area contributed by atoms with E-state index in [1.165, 1.54) is 0 Å². The van der Waals surface area contributed by atoms with Crippen LogP contribution >= 0.6 is 0 Å². The summed E-state index contributed by atoms with van der Waals surface area (Å²) in [4.78, 5) is 13.8. The Morgan fingerprint density at radius 2 is 2.21 bits per heavy atom. The Balaban J connectivity index is 1.80. The molecule has 0 saturated carbocycles. The monoisotopic (exact) mass is 262 g/mol. The molecule has 104 valence electrons. The quantitative estimate of drug-likeness (QED) is 0.880. The van der Waals surface area contributed by atoms with Gasteiger partial charge in [-0.1, -0.05) is 18.2 Å². The number of likely N-dealkylation sites (N-methyl/N-ethyl adjacent to an activating group) is 1. The van der Waals surface area contributed by atoms with Crippen LogP contribution in [0.1, 0.15) is 19.8 Å². The lowest BCUT2D eigenvalue weighted by molar-refractivity contribution is -0.117. The van der Waals surface area contributed by atoms with Crippen molar-refractivity contribution in [2.75, 3.05) is 25.1 Å². The fourth-order valence-electron chi connectivity index (χ4n) is 2.29. The Bertz CT molecular complexity index is 402. The third kappa shape index (κ3) is 3.78. The number of nitrogens with one attached hydrogen (secondary N) is 1. The number of carbonyl (C=O) groups is 1. The van der Waals surface area contributed by atoms with Crippen LogP contribution < -0.4 is 10.2 Å². The van der Waals surface area contributed by atoms with E-state index in [1.54, 1.807) is 11.9 Å². The van der Waals surface area contributed by atoms with Gasteiger partial charge in [0.05, 0.1) is 12.6 Å². The molecule has 1 aliphatic heterocycles. The molecule has 0 bridgehead atoms. The summed E-state index contributed by atoms with van der Waals surface area (Å²) in [6.45, 7) is 3.26. The summed E-state index contributed by atoms with van der Waals surface area (Å²) >= 11 is 0. The fourth-order valence-corrected chi connectivity index (χ4v) is 2.29. The molecule has 0 aromatic heterocycles. The largest absolute Gasteiger partial charge is 0.377 e. The fraction of sp³-hybridized carbons (Fsp3) is 0.533. The lowest BCUT2D eigenvalue weighted by Gasteiger charge is -2.22. The molecule has 0 radical (unpaired) electrons. The summed E-state index contributed by atoms with van der Waals surface area (Å²) in [5.41, 5.74) is 0.916. The number of hydrogen-bond donors (Lipinski definition) is 1. The second-order valence-corrected chi connectivity index (χ2v) is 5.01. The van der Waals surface area contributed by atoms with Crippen LogP contribution in [0, 0.1) is 0 Å². The highest BCUT2D eigenvalue weighted by molar-refractivity contribution is 5.94. The van der Waals surface area contributed by atoms with Crippen LogP contribution in [-0.2, 0) is 9.53 Å². The average molecular weight is 262 g/mol. The van der Waals surface area contributed by atoms with Gasteiger partial charge in [0.2, 0.25) is 5.91 Å². The number of para-hydroxylation sites is 1. The smallest absolute Gasteiger partial charge is 0.240 e. The molecule has 1 heterocycles. The van der Waals surface area contributed by atoms with Crippen LogP contribution in [0.5, 0.6) is 0 Å². The first-order valence-electron chi connectivity index (χ1n) is 6.85. The summed E-state index contributed by atoms with van der Waals surface area (Å²) in [6.07, 6.45) is 2.45. The molecule has 1 saturated heterocycles. The van der Waals surface area contributed by atoms with E-state index >= 15 is 0 Å². The molecule has 0 spiro atoms. The number of anilines is 1. The Kier molecular flexibility index (Phi) is 4.93. The van der Waals surface area contributed by atoms with Crippen LogP contribution in [0.3, 0.4) is 0 Å². The first kappa shape index (κ1) is 14.0. The second-order valence-electron chi connectivity index (χ2n) is 5.01. The van der Waals surface area contributed by atoms with Crippen LogP contribution in [0.25, 0.3) is 0 Å². The van der Waals surface area contributed by atoms with E-state index in [9.17, 15) is 4.79 Å². The van der Waals surface area contributed by atoms with Gasteiger partial charge in [0.25, 0.3) is 0 Å². The van der Waals surface area contributed by atoms with Crippen molar-refractivity contribution in [2.24, 2.45) is 0 Å². The highest BCUT2D eigenvalue weighted by Gasteiger charge is 2.22. The maximum absolute atomic E-state index is 12.1. The van der Waals surface area contributed by atoms with Gasteiger partial charge in [-0.25, -0.2) is 0 Å². The number of nitrogens with zero attached hydrogens (tertiary/aromatic N) is 1. The molecule has 1 aliphatic rings. The number of hydrogen-bond acceptors (Lipinski definition) is 3. The molecule has 4 nitrogen and oxygen atoms in total. The number of rotatable bonds is 5. The Labute approximate surface area is 114 Å². The van der Waals surface area contributed by atoms with Crippen molar-refractivity contribution in [1.29, 1.82) is 0 Å². The summed E-state index contributed by atoms with van der Waals surface area (Å²) < 4.78 is 5.60. The van der Waals surface area contributed by atoms with Crippen molar-refractivity contribution in [3.63, 3.8) is 0 Å². The summed E-state index contributed by atoms with van der Waals surface area (Å²) in [5, 5.41) is 3.26. The zero-order valence-corrected chi connectivity index (χ0v) is 11.6. The zero-order valence-electron chi connectivity index (χ0n) is 11.6. The maximum atomic E-state index is 12.1. The number of ether oxygens (including phenoxy) is 1. The minimum Gasteiger partial charge on any atom is -0.377 e. The number of benzene rings is 1. The van der Waals surface area contributed by atoms with E-state index in [0.29, 0.717) is 6.54 Å². The molecule has 2 atom stereocenters. The first-order valence-corrected chi connectivity index (χ1v) is 6.85. The third-order valence-electron chi connectivity index (χ3n) is 3.62. The average Bonchev–Trinajstić information content (AvgIpc) is 2.98. The third-order valence-corrected chi connectivity index (χ3v) is 3.62. The molecule has 19 heavy (non-hydrogen) atoms. The summed E-state index contributed by atoms with van der Waals surface area (Å²) in [6, 6.07) is 9.89. The number of amides is 1. The Morgan fingerprint density at radius 3 is 2.84 bits per heavy atom. The van der Waals surface area contributed by atoms with Crippen molar-refractivity contribution < 1.29 is 9.53 Å². The van der Waals surface area contributed by atoms with Gasteiger partial charge in [-0.15, -0.1) is 0 Å². The maximum Gasteiger partial charge on any atom is 0.240 e. The van der Waals surface area contributed by atoms with Gasteiger partial charge in [0.15, 0.2) is 0 Å². The van der Waals surface area contributed by atoms with E-state index in [-0.39, 0.29) is 18.1 Å². The first-order chi connectivity index (χ1) is 9.18. The lowest BCUT2D eigenvalue weighted by atomic mass is 10.1. The predicted octanol–water partition coefficient (Wildman–Crippen LogP) is 1.81. The van der Waals surface area contributed by atoms with Crippen molar-refractivity contribution >= 4 is 11.6 Å². The molecule has 1 aromatic carbocycles. The molecular formula is C15H22N2O2. The van der Waals surface area contributed by atoms with E-state index in [1.807, 2.05) is 30.3 Å². The predicted molar refractivity (Wildman–Crippen MR) is 76.3 cm³/mol. The SMILES string of the molecule is C[C@H](NCC(=O)N(C)c1ccccc1)[C@@H]1CCCO1. The number of carbonyl (C=O) groups excluding carboxylic acids is 1. The van der Waals surface area contributed by atoms with E-state index < -0.39 is 0 Å². The minimum absolute atomic E-state index is 0.0658. The van der Waals surface area contributed by atoms with Crippen LogP contribution in [-0.4, -0.2) is 38.3 Å². The second kappa shape index (κ2) is 6.68. The van der Waals surface area contributed by atoms with Gasteiger partial charge in [0.1, 0.15) is 0 Å². The van der Waals surface area contributed by atoms with Gasteiger partial charge >= 0.3 is 0 Å². The molecule has 4 heteroatoms. The topological polar surface area (TPSA) is 41.6 Å². The van der Waals surface area contributed by atoms with Gasteiger partial charge in [-0.05, 0) is 31.9 Å². The zero-order chi connectivity index (χ0) is 13.7. The highest BCUT2D eigenvalue weighted by Crippen LogP contribution is 2.15. The van der Waals surface area contributed by atoms with Crippen LogP contribution in [0.15, 0.2) is 30.3 Å². The molecule has 1 amide bonds. The Hall–Kier alpha value is -1.39. The van der Waals surface area contributed by atoms with Crippen LogP contribution in [0.2, 0.25) is 0 Å². The van der Waals surface area contributed by atoms with E-state index in [2.05, 4.69) is 12.2 Å². The van der Waals surface area contributed by atoms with Crippen molar-refractivity contribution in [3.8, 4) is 0 Å². The van der Waals surface area contributed by atoms with E-state index in [0.717, 1.165) is 25.1 Å². The van der Waals surface area contributed by atoms with Crippen LogP contribution in [0.4, 0.5) is 5.69 Å². The van der Waals surface area contributed by atoms with Gasteiger partial charge in [-0.2, -0.15) is 0 Å².